The van der Waals surface area contributed by atoms with Crippen LogP contribution < -0.4 is 0 Å². The highest BCUT2D eigenvalue weighted by atomic mass is 15.0. The quantitative estimate of drug-likeness (QED) is 0.264. The molecular formula is C35H26N2. The number of para-hydroxylation sites is 2. The fourth-order valence-corrected chi connectivity index (χ4v) is 6.32. The standard InChI is InChI=1S/C35H26N2/c1-2-7-27(8-3-1)37-34-12-6-10-29(34)31-22-26(18-20-35(31)37)24-15-13-23(14-16-24)25-17-19-33-30(21-25)28-9-4-5-11-32(28)36-33/h1-5,7-9,11,13-22,36H,6,10,12H2. The lowest BCUT2D eigenvalue weighted by Gasteiger charge is -2.10. The number of aromatic nitrogens is 2. The Kier molecular flexibility index (Phi) is 4.44. The summed E-state index contributed by atoms with van der Waals surface area (Å²) in [6, 6.07) is 42.1. The number of nitrogens with one attached hydrogen (secondary N) is 1. The minimum Gasteiger partial charge on any atom is -0.355 e. The molecular weight excluding hydrogens is 448 g/mol. The Hall–Kier alpha value is -4.56. The van der Waals surface area contributed by atoms with Gasteiger partial charge < -0.3 is 9.55 Å². The van der Waals surface area contributed by atoms with Crippen molar-refractivity contribution in [3.8, 4) is 27.9 Å². The zero-order valence-corrected chi connectivity index (χ0v) is 20.5. The zero-order valence-electron chi connectivity index (χ0n) is 20.5. The van der Waals surface area contributed by atoms with Gasteiger partial charge >= 0.3 is 0 Å². The molecule has 5 aromatic carbocycles. The molecule has 176 valence electrons. The van der Waals surface area contributed by atoms with E-state index < -0.39 is 0 Å². The summed E-state index contributed by atoms with van der Waals surface area (Å²) in [5.41, 5.74) is 13.0. The van der Waals surface area contributed by atoms with Crippen molar-refractivity contribution < 1.29 is 0 Å². The van der Waals surface area contributed by atoms with Crippen LogP contribution in [-0.2, 0) is 12.8 Å². The molecule has 2 aromatic heterocycles. The molecule has 0 atom stereocenters. The SMILES string of the molecule is c1ccc(-n2c3c(c4cc(-c5ccc(-c6ccc7[nH]c8ccccc8c7c6)cc5)ccc42)CCC3)cc1. The van der Waals surface area contributed by atoms with E-state index in [2.05, 4.69) is 125 Å². The average Bonchev–Trinajstić information content (AvgIpc) is 3.66. The monoisotopic (exact) mass is 474 g/mol. The largest absolute Gasteiger partial charge is 0.355 e. The summed E-state index contributed by atoms with van der Waals surface area (Å²) in [7, 11) is 0. The fourth-order valence-electron chi connectivity index (χ4n) is 6.32. The van der Waals surface area contributed by atoms with Gasteiger partial charge in [-0.05, 0) is 89.5 Å². The molecule has 2 heterocycles. The van der Waals surface area contributed by atoms with Gasteiger partial charge in [0, 0.05) is 38.6 Å². The second kappa shape index (κ2) is 7.97. The normalized spacial score (nSPS) is 13.1. The van der Waals surface area contributed by atoms with E-state index in [1.54, 1.807) is 0 Å². The van der Waals surface area contributed by atoms with E-state index >= 15 is 0 Å². The van der Waals surface area contributed by atoms with E-state index in [4.69, 9.17) is 0 Å². The number of aryl methyl sites for hydroxylation is 1. The fraction of sp³-hybridized carbons (Fsp3) is 0.0857. The van der Waals surface area contributed by atoms with Crippen LogP contribution in [-0.4, -0.2) is 9.55 Å². The predicted molar refractivity (Wildman–Crippen MR) is 156 cm³/mol. The minimum absolute atomic E-state index is 1.16. The molecule has 1 aliphatic carbocycles. The third-order valence-electron chi connectivity index (χ3n) is 8.09. The van der Waals surface area contributed by atoms with Crippen molar-refractivity contribution in [2.75, 3.05) is 0 Å². The highest BCUT2D eigenvalue weighted by molar-refractivity contribution is 6.08. The number of H-pyrrole nitrogens is 1. The van der Waals surface area contributed by atoms with Gasteiger partial charge in [0.15, 0.2) is 0 Å². The first kappa shape index (κ1) is 20.6. The molecule has 0 amide bonds. The zero-order chi connectivity index (χ0) is 24.3. The predicted octanol–water partition coefficient (Wildman–Crippen LogP) is 9.09. The van der Waals surface area contributed by atoms with E-state index in [0.717, 1.165) is 6.42 Å². The lowest BCUT2D eigenvalue weighted by Crippen LogP contribution is -1.98. The molecule has 2 nitrogen and oxygen atoms in total. The van der Waals surface area contributed by atoms with E-state index in [1.165, 1.54) is 84.7 Å². The number of nitrogens with zero attached hydrogens (tertiary/aromatic N) is 1. The number of rotatable bonds is 3. The molecule has 0 unspecified atom stereocenters. The van der Waals surface area contributed by atoms with Crippen molar-refractivity contribution in [3.05, 3.63) is 127 Å². The third-order valence-corrected chi connectivity index (χ3v) is 8.09. The summed E-state index contributed by atoms with van der Waals surface area (Å²) >= 11 is 0. The lowest BCUT2D eigenvalue weighted by molar-refractivity contribution is 0.874. The smallest absolute Gasteiger partial charge is 0.0534 e. The second-order valence-electron chi connectivity index (χ2n) is 10.2. The highest BCUT2D eigenvalue weighted by Gasteiger charge is 2.22. The maximum atomic E-state index is 3.53. The molecule has 0 bridgehead atoms. The van der Waals surface area contributed by atoms with Gasteiger partial charge in [-0.25, -0.2) is 0 Å². The lowest BCUT2D eigenvalue weighted by atomic mass is 9.98. The van der Waals surface area contributed by atoms with Crippen LogP contribution in [0.5, 0.6) is 0 Å². The Labute approximate surface area is 215 Å². The van der Waals surface area contributed by atoms with E-state index in [0.29, 0.717) is 0 Å². The molecule has 1 N–H and O–H groups in total. The molecule has 0 radical (unpaired) electrons. The molecule has 0 spiro atoms. The van der Waals surface area contributed by atoms with Crippen molar-refractivity contribution in [3.63, 3.8) is 0 Å². The van der Waals surface area contributed by atoms with Crippen LogP contribution in [0.15, 0.2) is 115 Å². The van der Waals surface area contributed by atoms with Gasteiger partial charge in [-0.2, -0.15) is 0 Å². The topological polar surface area (TPSA) is 20.7 Å². The Morgan fingerprint density at radius 3 is 1.97 bits per heavy atom. The maximum absolute atomic E-state index is 3.53. The maximum Gasteiger partial charge on any atom is 0.0534 e. The van der Waals surface area contributed by atoms with Crippen LogP contribution in [0.1, 0.15) is 17.7 Å². The summed E-state index contributed by atoms with van der Waals surface area (Å²) in [6.07, 6.45) is 3.57. The molecule has 2 heteroatoms. The summed E-state index contributed by atoms with van der Waals surface area (Å²) < 4.78 is 2.48. The summed E-state index contributed by atoms with van der Waals surface area (Å²) in [5.74, 6) is 0. The van der Waals surface area contributed by atoms with Gasteiger partial charge in [-0.1, -0.05) is 72.8 Å². The molecule has 0 fully saturated rings. The molecule has 37 heavy (non-hydrogen) atoms. The number of fused-ring (bicyclic) bond motifs is 6. The first-order chi connectivity index (χ1) is 18.3. The van der Waals surface area contributed by atoms with Crippen molar-refractivity contribution >= 4 is 32.7 Å². The van der Waals surface area contributed by atoms with Gasteiger partial charge in [0.2, 0.25) is 0 Å². The van der Waals surface area contributed by atoms with E-state index in [-0.39, 0.29) is 0 Å². The molecule has 7 aromatic rings. The van der Waals surface area contributed by atoms with Crippen LogP contribution in [0.4, 0.5) is 0 Å². The average molecular weight is 475 g/mol. The van der Waals surface area contributed by atoms with Gasteiger partial charge in [0.05, 0.1) is 5.52 Å². The second-order valence-corrected chi connectivity index (χ2v) is 10.2. The van der Waals surface area contributed by atoms with Crippen LogP contribution in [0.2, 0.25) is 0 Å². The van der Waals surface area contributed by atoms with Gasteiger partial charge in [0.1, 0.15) is 0 Å². The first-order valence-electron chi connectivity index (χ1n) is 13.2. The van der Waals surface area contributed by atoms with Gasteiger partial charge in [-0.3, -0.25) is 0 Å². The van der Waals surface area contributed by atoms with Crippen LogP contribution >= 0.6 is 0 Å². The highest BCUT2D eigenvalue weighted by Crippen LogP contribution is 2.38. The summed E-state index contributed by atoms with van der Waals surface area (Å²) in [6.45, 7) is 0. The third kappa shape index (κ3) is 3.19. The molecule has 0 saturated carbocycles. The number of hydrogen-bond donors (Lipinski definition) is 1. The van der Waals surface area contributed by atoms with Crippen molar-refractivity contribution in [2.45, 2.75) is 19.3 Å². The minimum atomic E-state index is 1.16. The number of benzene rings is 5. The van der Waals surface area contributed by atoms with Crippen molar-refractivity contribution in [1.29, 1.82) is 0 Å². The molecule has 8 rings (SSSR count). The molecule has 1 aliphatic rings. The summed E-state index contributed by atoms with van der Waals surface area (Å²) in [4.78, 5) is 3.53. The number of hydrogen-bond acceptors (Lipinski definition) is 0. The van der Waals surface area contributed by atoms with Crippen molar-refractivity contribution in [1.82, 2.24) is 9.55 Å². The van der Waals surface area contributed by atoms with Crippen molar-refractivity contribution in [2.24, 2.45) is 0 Å². The van der Waals surface area contributed by atoms with Crippen LogP contribution in [0.25, 0.3) is 60.6 Å². The van der Waals surface area contributed by atoms with E-state index in [9.17, 15) is 0 Å². The van der Waals surface area contributed by atoms with Crippen LogP contribution in [0.3, 0.4) is 0 Å². The van der Waals surface area contributed by atoms with Gasteiger partial charge in [0.25, 0.3) is 0 Å². The Morgan fingerprint density at radius 2 is 1.16 bits per heavy atom. The Bertz CT molecular complexity index is 1940. The first-order valence-corrected chi connectivity index (χ1v) is 13.2. The number of aromatic amines is 1. The van der Waals surface area contributed by atoms with E-state index in [1.807, 2.05) is 0 Å². The van der Waals surface area contributed by atoms with Gasteiger partial charge in [-0.15, -0.1) is 0 Å². The van der Waals surface area contributed by atoms with Crippen LogP contribution in [0, 0.1) is 0 Å². The summed E-state index contributed by atoms with van der Waals surface area (Å²) in [5, 5.41) is 3.96. The Balaban J connectivity index is 1.19. The molecule has 0 saturated heterocycles. The Morgan fingerprint density at radius 1 is 0.514 bits per heavy atom. The molecule has 0 aliphatic heterocycles.